The Labute approximate surface area is 87.5 Å². The molecule has 0 aromatic carbocycles. The zero-order valence-corrected chi connectivity index (χ0v) is 10.6. The van der Waals surface area contributed by atoms with Gasteiger partial charge in [0.25, 0.3) is 0 Å². The summed E-state index contributed by atoms with van der Waals surface area (Å²) in [4.78, 5) is 24.8. The fraction of sp³-hybridized carbons (Fsp3) is 0. The molecule has 0 saturated carbocycles. The van der Waals surface area contributed by atoms with Crippen LogP contribution in [-0.4, -0.2) is 14.7 Å². The molecule has 13 heteroatoms. The fourth-order valence-electron chi connectivity index (χ4n) is 0.282. The van der Waals surface area contributed by atoms with Crippen LogP contribution in [0.2, 0.25) is 0 Å². The molecular weight excluding hydrogens is 311 g/mol. The van der Waals surface area contributed by atoms with E-state index in [1.165, 1.54) is 0 Å². The molecule has 0 aliphatic carbocycles. The van der Waals surface area contributed by atoms with Crippen molar-refractivity contribution < 1.29 is 32.4 Å². The average Bonchev–Trinajstić information content (AvgIpc) is 1.43. The third-order valence-electron chi connectivity index (χ3n) is 0.428. The SMILES string of the molecule is O=P(O)(O)OP(=O)(O)O[PH](Cl)(Cl)Cl. The van der Waals surface area contributed by atoms with Crippen LogP contribution in [0.25, 0.3) is 0 Å². The molecule has 0 spiro atoms. The first-order chi connectivity index (χ1) is 5.41. The Morgan fingerprint density at radius 3 is 1.69 bits per heavy atom. The Morgan fingerprint density at radius 2 is 1.46 bits per heavy atom. The Kier molecular flexibility index (Phi) is 5.15. The molecule has 0 bridgehead atoms. The molecule has 7 nitrogen and oxygen atoms in total. The van der Waals surface area contributed by atoms with Crippen LogP contribution >= 0.6 is 54.9 Å². The van der Waals surface area contributed by atoms with E-state index < -0.39 is 21.2 Å². The fourth-order valence-corrected chi connectivity index (χ4v) is 5.19. The van der Waals surface area contributed by atoms with Crippen LogP contribution in [-0.2, 0) is 17.8 Å². The van der Waals surface area contributed by atoms with Gasteiger partial charge in [0.1, 0.15) is 0 Å². The number of hydrogen-bond donors (Lipinski definition) is 3. The van der Waals surface area contributed by atoms with Crippen LogP contribution in [0.15, 0.2) is 0 Å². The predicted octanol–water partition coefficient (Wildman–Crippen LogP) is 2.34. The molecule has 0 aromatic heterocycles. The van der Waals surface area contributed by atoms with Crippen molar-refractivity contribution in [2.24, 2.45) is 0 Å². The molecule has 1 unspecified atom stereocenters. The van der Waals surface area contributed by atoms with Gasteiger partial charge in [-0.2, -0.15) is 0 Å². The van der Waals surface area contributed by atoms with Gasteiger partial charge < -0.3 is 0 Å². The maximum atomic E-state index is 10.6. The summed E-state index contributed by atoms with van der Waals surface area (Å²) in [7, 11) is -10.2. The first kappa shape index (κ1) is 14.6. The molecule has 0 fully saturated rings. The quantitative estimate of drug-likeness (QED) is 0.682. The molecule has 0 aliphatic heterocycles. The van der Waals surface area contributed by atoms with Crippen LogP contribution in [0, 0.1) is 0 Å². The van der Waals surface area contributed by atoms with E-state index in [0.29, 0.717) is 0 Å². The monoisotopic (exact) mass is 314 g/mol. The van der Waals surface area contributed by atoms with Gasteiger partial charge in [-0.25, -0.2) is 0 Å². The molecule has 0 saturated heterocycles. The molecule has 13 heavy (non-hydrogen) atoms. The van der Waals surface area contributed by atoms with Crippen LogP contribution in [0.1, 0.15) is 0 Å². The van der Waals surface area contributed by atoms with Crippen molar-refractivity contribution in [1.82, 2.24) is 0 Å². The van der Waals surface area contributed by atoms with E-state index in [-0.39, 0.29) is 0 Å². The van der Waals surface area contributed by atoms with Gasteiger partial charge in [-0.1, -0.05) is 0 Å². The molecule has 3 N–H and O–H groups in total. The van der Waals surface area contributed by atoms with Gasteiger partial charge in [0, 0.05) is 0 Å². The van der Waals surface area contributed by atoms with Crippen molar-refractivity contribution in [1.29, 1.82) is 0 Å². The summed E-state index contributed by atoms with van der Waals surface area (Å²) in [6.07, 6.45) is 0. The zero-order chi connectivity index (χ0) is 10.9. The van der Waals surface area contributed by atoms with Gasteiger partial charge in [-0.3, -0.25) is 0 Å². The summed E-state index contributed by atoms with van der Waals surface area (Å²) in [5.74, 6) is 0. The number of phosphoric acid groups is 2. The van der Waals surface area contributed by atoms with Gasteiger partial charge in [0.05, 0.1) is 0 Å². The van der Waals surface area contributed by atoms with Crippen molar-refractivity contribution in [2.75, 3.05) is 0 Å². The Bertz CT molecular complexity index is 261. The minimum absolute atomic E-state index is 3.34. The summed E-state index contributed by atoms with van der Waals surface area (Å²) >= 11 is 15.1. The maximum absolute atomic E-state index is 10.6. The topological polar surface area (TPSA) is 113 Å². The van der Waals surface area contributed by atoms with E-state index >= 15 is 0 Å². The van der Waals surface area contributed by atoms with Crippen LogP contribution in [0.3, 0.4) is 0 Å². The minimum atomic E-state index is -5.17. The second-order valence-corrected chi connectivity index (χ2v) is 12.3. The molecule has 0 amide bonds. The molecule has 0 radical (unpaired) electrons. The summed E-state index contributed by atoms with van der Waals surface area (Å²) in [5, 5.41) is 0. The number of rotatable bonds is 4. The van der Waals surface area contributed by atoms with Gasteiger partial charge >= 0.3 is 87.3 Å². The first-order valence-corrected chi connectivity index (χ1v) is 10.3. The summed E-state index contributed by atoms with van der Waals surface area (Å²) < 4.78 is 27.9. The van der Waals surface area contributed by atoms with E-state index in [4.69, 9.17) is 48.4 Å². The standard InChI is InChI=1S/Cl3H4O7P3/c1-11(2,3)9-13(7,8)10-12(4,5)6/h11H,(H,7,8)(H2,4,5,6). The molecule has 1 atom stereocenters. The third-order valence-corrected chi connectivity index (χ3v) is 5.72. The van der Waals surface area contributed by atoms with Crippen molar-refractivity contribution in [3.05, 3.63) is 0 Å². The van der Waals surface area contributed by atoms with E-state index in [9.17, 15) is 9.13 Å². The van der Waals surface area contributed by atoms with E-state index in [2.05, 4.69) is 8.62 Å². The van der Waals surface area contributed by atoms with Crippen molar-refractivity contribution in [2.45, 2.75) is 0 Å². The molecule has 0 aliphatic rings. The summed E-state index contributed by atoms with van der Waals surface area (Å²) in [6, 6.07) is 0. The molecule has 0 heterocycles. The van der Waals surface area contributed by atoms with Gasteiger partial charge in [0.15, 0.2) is 0 Å². The van der Waals surface area contributed by atoms with Gasteiger partial charge in [-0.05, 0) is 0 Å². The average molecular weight is 315 g/mol. The second kappa shape index (κ2) is 4.60. The Hall–Kier alpha value is 1.56. The summed E-state index contributed by atoms with van der Waals surface area (Å²) in [5.41, 5.74) is -3.96. The zero-order valence-electron chi connectivity index (χ0n) is 5.50. The van der Waals surface area contributed by atoms with Crippen LogP contribution in [0.4, 0.5) is 0 Å². The van der Waals surface area contributed by atoms with E-state index in [1.807, 2.05) is 0 Å². The second-order valence-electron chi connectivity index (χ2n) is 1.58. The summed E-state index contributed by atoms with van der Waals surface area (Å²) in [6.45, 7) is 0. The molecule has 0 rings (SSSR count). The third kappa shape index (κ3) is 9.85. The number of hydrogen-bond acceptors (Lipinski definition) is 4. The van der Waals surface area contributed by atoms with Gasteiger partial charge in [-0.15, -0.1) is 0 Å². The van der Waals surface area contributed by atoms with Crippen LogP contribution < -0.4 is 0 Å². The Balaban J connectivity index is 4.44. The van der Waals surface area contributed by atoms with Crippen LogP contribution in [0.5, 0.6) is 0 Å². The van der Waals surface area contributed by atoms with Crippen molar-refractivity contribution in [3.63, 3.8) is 0 Å². The van der Waals surface area contributed by atoms with Gasteiger partial charge in [0.2, 0.25) is 0 Å². The Morgan fingerprint density at radius 1 is 1.08 bits per heavy atom. The first-order valence-electron chi connectivity index (χ1n) is 2.28. The molecule has 0 aromatic rings. The van der Waals surface area contributed by atoms with E-state index in [0.717, 1.165) is 0 Å². The predicted molar refractivity (Wildman–Crippen MR) is 49.9 cm³/mol. The van der Waals surface area contributed by atoms with E-state index in [1.54, 1.807) is 0 Å². The van der Waals surface area contributed by atoms with Crippen molar-refractivity contribution >= 4 is 54.9 Å². The number of halogens is 3. The molecular formula is H4Cl3O7P3. The molecule has 82 valence electrons. The van der Waals surface area contributed by atoms with Crippen molar-refractivity contribution in [3.8, 4) is 0 Å². The normalized spacial score (nSPS) is 19.5.